The van der Waals surface area contributed by atoms with Crippen LogP contribution in [-0.4, -0.2) is 84.0 Å². The molecule has 0 aliphatic carbocycles. The number of carbonyl (C=O) groups excluding carboxylic acids is 2. The second kappa shape index (κ2) is 10.0. The Bertz CT molecular complexity index is 783. The van der Waals surface area contributed by atoms with Gasteiger partial charge >= 0.3 is 0 Å². The number of rotatable bonds is 7. The average molecular weight is 405 g/mol. The molecule has 1 N–H and O–H groups in total. The number of piperazine rings is 1. The number of carbonyl (C=O) groups is 2. The molecule has 29 heavy (non-hydrogen) atoms. The second-order valence-electron chi connectivity index (χ2n) is 7.69. The Morgan fingerprint density at radius 1 is 1.10 bits per heavy atom. The minimum absolute atomic E-state index is 0.0588. The Morgan fingerprint density at radius 2 is 1.86 bits per heavy atom. The van der Waals surface area contributed by atoms with E-state index in [1.165, 1.54) is 6.42 Å². The van der Waals surface area contributed by atoms with Crippen molar-refractivity contribution in [1.29, 1.82) is 0 Å². The maximum Gasteiger partial charge on any atom is 0.261 e. The number of pyridine rings is 1. The Morgan fingerprint density at radius 3 is 2.55 bits per heavy atom. The van der Waals surface area contributed by atoms with Gasteiger partial charge in [-0.15, -0.1) is 0 Å². The van der Waals surface area contributed by atoms with Gasteiger partial charge in [-0.2, -0.15) is 0 Å². The normalized spacial score (nSPS) is 17.3. The zero-order chi connectivity index (χ0) is 20.8. The smallest absolute Gasteiger partial charge is 0.261 e. The molecule has 8 heteroatoms. The number of hydrogen-bond acceptors (Lipinski definition) is 5. The highest BCUT2D eigenvalue weighted by Gasteiger charge is 2.30. The van der Waals surface area contributed by atoms with E-state index in [9.17, 15) is 14.4 Å². The molecule has 2 aliphatic rings. The third-order valence-electron chi connectivity index (χ3n) is 5.77. The van der Waals surface area contributed by atoms with Crippen molar-refractivity contribution in [2.24, 2.45) is 0 Å². The number of aromatic amines is 1. The first-order chi connectivity index (χ1) is 14.0. The number of nitrogens with one attached hydrogen (secondary N) is 1. The standard InChI is InChI=1S/C21H32N4O4/c1-3-5-7-23-9-11-24(12-10-23)21(28)19-17-6-8-25(18(26)15-29-4-2)14-16(17)13-22-20(19)27/h13H,3-12,14-15H2,1-2H3,(H,22,27). The van der Waals surface area contributed by atoms with Crippen LogP contribution in [0.1, 0.15) is 48.2 Å². The summed E-state index contributed by atoms with van der Waals surface area (Å²) in [6, 6.07) is 0. The van der Waals surface area contributed by atoms with Crippen molar-refractivity contribution in [3.8, 4) is 0 Å². The van der Waals surface area contributed by atoms with Gasteiger partial charge in [0.1, 0.15) is 12.2 Å². The lowest BCUT2D eigenvalue weighted by atomic mass is 9.96. The lowest BCUT2D eigenvalue weighted by molar-refractivity contribution is -0.136. The van der Waals surface area contributed by atoms with Crippen LogP contribution in [0.2, 0.25) is 0 Å². The number of hydrogen-bond donors (Lipinski definition) is 1. The third-order valence-corrected chi connectivity index (χ3v) is 5.77. The van der Waals surface area contributed by atoms with Gasteiger partial charge in [0.2, 0.25) is 5.91 Å². The first kappa shape index (κ1) is 21.5. The number of nitrogens with zero attached hydrogens (tertiary/aromatic N) is 3. The van der Waals surface area contributed by atoms with E-state index in [0.717, 1.165) is 37.2 Å². The fourth-order valence-electron chi connectivity index (χ4n) is 4.00. The van der Waals surface area contributed by atoms with Crippen LogP contribution in [0.5, 0.6) is 0 Å². The summed E-state index contributed by atoms with van der Waals surface area (Å²) in [5.41, 5.74) is 1.54. The fourth-order valence-corrected chi connectivity index (χ4v) is 4.00. The molecule has 0 bridgehead atoms. The zero-order valence-corrected chi connectivity index (χ0v) is 17.5. The van der Waals surface area contributed by atoms with Gasteiger partial charge in [-0.25, -0.2) is 0 Å². The molecule has 2 aliphatic heterocycles. The van der Waals surface area contributed by atoms with Crippen LogP contribution in [0.25, 0.3) is 0 Å². The summed E-state index contributed by atoms with van der Waals surface area (Å²) in [7, 11) is 0. The molecule has 1 saturated heterocycles. The minimum Gasteiger partial charge on any atom is -0.372 e. The van der Waals surface area contributed by atoms with Crippen LogP contribution < -0.4 is 5.56 Å². The molecule has 0 spiro atoms. The van der Waals surface area contributed by atoms with Gasteiger partial charge in [-0.05, 0) is 37.4 Å². The molecule has 1 aromatic rings. The quantitative estimate of drug-likeness (QED) is 0.728. The average Bonchev–Trinajstić information content (AvgIpc) is 2.75. The van der Waals surface area contributed by atoms with Crippen LogP contribution in [0.3, 0.4) is 0 Å². The van der Waals surface area contributed by atoms with Crippen LogP contribution in [-0.2, 0) is 22.5 Å². The molecule has 2 amide bonds. The van der Waals surface area contributed by atoms with Crippen LogP contribution in [0.4, 0.5) is 0 Å². The Hall–Kier alpha value is -2.19. The second-order valence-corrected chi connectivity index (χ2v) is 7.69. The summed E-state index contributed by atoms with van der Waals surface area (Å²) in [5.74, 6) is -0.257. The van der Waals surface area contributed by atoms with Crippen LogP contribution in [0.15, 0.2) is 11.0 Å². The van der Waals surface area contributed by atoms with E-state index in [2.05, 4.69) is 16.8 Å². The van der Waals surface area contributed by atoms with Gasteiger partial charge in [0, 0.05) is 52.1 Å². The van der Waals surface area contributed by atoms with E-state index >= 15 is 0 Å². The highest BCUT2D eigenvalue weighted by Crippen LogP contribution is 2.21. The largest absolute Gasteiger partial charge is 0.372 e. The molecule has 8 nitrogen and oxygen atoms in total. The summed E-state index contributed by atoms with van der Waals surface area (Å²) in [6.07, 6.45) is 4.47. The monoisotopic (exact) mass is 404 g/mol. The van der Waals surface area contributed by atoms with Gasteiger partial charge in [0.25, 0.3) is 11.5 Å². The lowest BCUT2D eigenvalue weighted by Gasteiger charge is -2.35. The lowest BCUT2D eigenvalue weighted by Crippen LogP contribution is -2.50. The molecule has 1 fully saturated rings. The number of ether oxygens (including phenoxy) is 1. The van der Waals surface area contributed by atoms with Crippen LogP contribution in [0, 0.1) is 0 Å². The highest BCUT2D eigenvalue weighted by atomic mass is 16.5. The maximum atomic E-state index is 13.2. The number of fused-ring (bicyclic) bond motifs is 1. The SMILES string of the molecule is CCCCN1CCN(C(=O)c2c3c(c[nH]c2=O)CN(C(=O)COCC)CC3)CC1. The van der Waals surface area contributed by atoms with Crippen molar-refractivity contribution in [2.45, 2.75) is 39.7 Å². The van der Waals surface area contributed by atoms with Crippen molar-refractivity contribution in [1.82, 2.24) is 19.7 Å². The topological polar surface area (TPSA) is 86.0 Å². The van der Waals surface area contributed by atoms with Crippen molar-refractivity contribution in [2.75, 3.05) is 52.5 Å². The van der Waals surface area contributed by atoms with E-state index < -0.39 is 0 Å². The van der Waals surface area contributed by atoms with Crippen LogP contribution >= 0.6 is 0 Å². The fraction of sp³-hybridized carbons (Fsp3) is 0.667. The predicted octanol–water partition coefficient (Wildman–Crippen LogP) is 0.854. The predicted molar refractivity (Wildman–Crippen MR) is 110 cm³/mol. The van der Waals surface area contributed by atoms with Gasteiger partial charge in [-0.1, -0.05) is 13.3 Å². The van der Waals surface area contributed by atoms with Gasteiger partial charge < -0.3 is 19.5 Å². The molecule has 0 unspecified atom stereocenters. The molecule has 3 rings (SSSR count). The summed E-state index contributed by atoms with van der Waals surface area (Å²) in [6.45, 7) is 9.51. The summed E-state index contributed by atoms with van der Waals surface area (Å²) in [4.78, 5) is 46.5. The summed E-state index contributed by atoms with van der Waals surface area (Å²) < 4.78 is 5.22. The van der Waals surface area contributed by atoms with Crippen molar-refractivity contribution in [3.05, 3.63) is 33.2 Å². The number of aromatic nitrogens is 1. The minimum atomic E-state index is -0.337. The van der Waals surface area contributed by atoms with E-state index in [-0.39, 0.29) is 29.5 Å². The van der Waals surface area contributed by atoms with Gasteiger partial charge in [0.05, 0.1) is 0 Å². The Balaban J connectivity index is 1.71. The van der Waals surface area contributed by atoms with Crippen molar-refractivity contribution < 1.29 is 14.3 Å². The first-order valence-corrected chi connectivity index (χ1v) is 10.7. The molecular formula is C21H32N4O4. The third kappa shape index (κ3) is 5.05. The molecule has 1 aromatic heterocycles. The molecule has 0 atom stereocenters. The van der Waals surface area contributed by atoms with E-state index in [4.69, 9.17) is 4.74 Å². The molecule has 0 saturated carbocycles. The number of unbranched alkanes of at least 4 members (excludes halogenated alkanes) is 1. The van der Waals surface area contributed by atoms with Crippen molar-refractivity contribution in [3.63, 3.8) is 0 Å². The first-order valence-electron chi connectivity index (χ1n) is 10.7. The summed E-state index contributed by atoms with van der Waals surface area (Å²) in [5, 5.41) is 0. The van der Waals surface area contributed by atoms with Gasteiger partial charge in [-0.3, -0.25) is 19.3 Å². The molecule has 0 radical (unpaired) electrons. The number of amides is 2. The molecule has 0 aromatic carbocycles. The van der Waals surface area contributed by atoms with Crippen molar-refractivity contribution >= 4 is 11.8 Å². The Kier molecular flexibility index (Phi) is 7.44. The van der Waals surface area contributed by atoms with Gasteiger partial charge in [0.15, 0.2) is 0 Å². The molecule has 3 heterocycles. The zero-order valence-electron chi connectivity index (χ0n) is 17.5. The molecule has 160 valence electrons. The van der Waals surface area contributed by atoms with E-state index in [0.29, 0.717) is 39.2 Å². The highest BCUT2D eigenvalue weighted by molar-refractivity contribution is 5.96. The van der Waals surface area contributed by atoms with E-state index in [1.807, 2.05) is 6.92 Å². The maximum absolute atomic E-state index is 13.2. The van der Waals surface area contributed by atoms with E-state index in [1.54, 1.807) is 16.0 Å². The molecular weight excluding hydrogens is 372 g/mol. The summed E-state index contributed by atoms with van der Waals surface area (Å²) >= 11 is 0. The number of H-pyrrole nitrogens is 1. The Labute approximate surface area is 171 Å².